The fraction of sp³-hybridized carbons (Fsp3) is 0. The standard InChI is InChI=1S/C6H10N4O2/c7-4-1-3(9-11)2-5(8)6(4)10-12/h1-2,9-12H,7-8H2. The van der Waals surface area contributed by atoms with Gasteiger partial charge in [-0.25, -0.2) is 0 Å². The van der Waals surface area contributed by atoms with Gasteiger partial charge in [0.25, 0.3) is 0 Å². The highest BCUT2D eigenvalue weighted by Gasteiger charge is 2.04. The molecule has 0 amide bonds. The molecule has 1 aromatic carbocycles. The topological polar surface area (TPSA) is 117 Å². The van der Waals surface area contributed by atoms with Crippen LogP contribution in [0.25, 0.3) is 0 Å². The number of hydrogen-bond donors (Lipinski definition) is 6. The van der Waals surface area contributed by atoms with Gasteiger partial charge in [0, 0.05) is 0 Å². The number of hydrogen-bond acceptors (Lipinski definition) is 6. The molecule has 0 bridgehead atoms. The normalized spacial score (nSPS) is 9.50. The molecule has 0 unspecified atom stereocenters. The van der Waals surface area contributed by atoms with Crippen LogP contribution in [0, 0.1) is 0 Å². The van der Waals surface area contributed by atoms with E-state index in [-0.39, 0.29) is 17.1 Å². The van der Waals surface area contributed by atoms with Crippen LogP contribution < -0.4 is 22.4 Å². The predicted molar refractivity (Wildman–Crippen MR) is 46.1 cm³/mol. The van der Waals surface area contributed by atoms with Crippen molar-refractivity contribution in [1.29, 1.82) is 0 Å². The maximum atomic E-state index is 8.57. The van der Waals surface area contributed by atoms with Gasteiger partial charge in [0.1, 0.15) is 5.69 Å². The average molecular weight is 170 g/mol. The minimum absolute atomic E-state index is 0.231. The van der Waals surface area contributed by atoms with E-state index in [1.54, 1.807) is 0 Å². The summed E-state index contributed by atoms with van der Waals surface area (Å²) in [5.41, 5.74) is 15.7. The quantitative estimate of drug-likeness (QED) is 0.283. The molecule has 0 radical (unpaired) electrons. The summed E-state index contributed by atoms with van der Waals surface area (Å²) < 4.78 is 0. The molecule has 12 heavy (non-hydrogen) atoms. The number of rotatable bonds is 2. The monoisotopic (exact) mass is 170 g/mol. The fourth-order valence-corrected chi connectivity index (χ4v) is 0.881. The second-order valence-corrected chi connectivity index (χ2v) is 2.25. The molecule has 1 rings (SSSR count). The molecular formula is C6H10N4O2. The Morgan fingerprint density at radius 2 is 1.50 bits per heavy atom. The van der Waals surface area contributed by atoms with Crippen molar-refractivity contribution in [2.24, 2.45) is 0 Å². The molecule has 0 aliphatic heterocycles. The maximum absolute atomic E-state index is 8.57. The summed E-state index contributed by atoms with van der Waals surface area (Å²) in [4.78, 5) is 0. The van der Waals surface area contributed by atoms with E-state index >= 15 is 0 Å². The first-order valence-electron chi connectivity index (χ1n) is 3.18. The zero-order valence-corrected chi connectivity index (χ0v) is 6.20. The summed E-state index contributed by atoms with van der Waals surface area (Å²) in [5, 5.41) is 17.1. The Morgan fingerprint density at radius 3 is 1.83 bits per heavy atom. The van der Waals surface area contributed by atoms with E-state index in [1.165, 1.54) is 12.1 Å². The van der Waals surface area contributed by atoms with Crippen molar-refractivity contribution in [2.45, 2.75) is 0 Å². The van der Waals surface area contributed by atoms with Gasteiger partial charge in [-0.05, 0) is 12.1 Å². The Hall–Kier alpha value is -1.66. The molecule has 0 saturated heterocycles. The van der Waals surface area contributed by atoms with E-state index in [2.05, 4.69) is 0 Å². The van der Waals surface area contributed by atoms with Crippen molar-refractivity contribution >= 4 is 22.7 Å². The van der Waals surface area contributed by atoms with Crippen molar-refractivity contribution < 1.29 is 10.4 Å². The van der Waals surface area contributed by atoms with Crippen molar-refractivity contribution in [3.05, 3.63) is 12.1 Å². The maximum Gasteiger partial charge on any atom is 0.106 e. The van der Waals surface area contributed by atoms with Gasteiger partial charge in [-0.2, -0.15) is 0 Å². The van der Waals surface area contributed by atoms with Crippen LogP contribution in [0.15, 0.2) is 12.1 Å². The van der Waals surface area contributed by atoms with E-state index < -0.39 is 0 Å². The Balaban J connectivity index is 3.18. The second-order valence-electron chi connectivity index (χ2n) is 2.25. The van der Waals surface area contributed by atoms with Crippen LogP contribution >= 0.6 is 0 Å². The molecule has 66 valence electrons. The van der Waals surface area contributed by atoms with Gasteiger partial charge in [0.15, 0.2) is 0 Å². The van der Waals surface area contributed by atoms with Crippen LogP contribution in [0.4, 0.5) is 22.7 Å². The minimum Gasteiger partial charge on any atom is -0.397 e. The zero-order chi connectivity index (χ0) is 9.14. The van der Waals surface area contributed by atoms with Crippen LogP contribution in [-0.2, 0) is 0 Å². The van der Waals surface area contributed by atoms with E-state index in [4.69, 9.17) is 21.9 Å². The highest BCUT2D eigenvalue weighted by molar-refractivity contribution is 5.82. The van der Waals surface area contributed by atoms with E-state index in [0.717, 1.165) is 0 Å². The lowest BCUT2D eigenvalue weighted by Crippen LogP contribution is -2.02. The molecule has 6 heteroatoms. The molecular weight excluding hydrogens is 160 g/mol. The highest BCUT2D eigenvalue weighted by atomic mass is 16.5. The number of anilines is 4. The lowest BCUT2D eigenvalue weighted by Gasteiger charge is -2.09. The fourth-order valence-electron chi connectivity index (χ4n) is 0.881. The number of nitrogens with two attached hydrogens (primary N) is 2. The molecule has 1 aromatic rings. The van der Waals surface area contributed by atoms with Gasteiger partial charge in [0.05, 0.1) is 17.1 Å². The predicted octanol–water partition coefficient (Wildman–Crippen LogP) is 0.453. The van der Waals surface area contributed by atoms with Crippen LogP contribution in [-0.4, -0.2) is 10.4 Å². The minimum atomic E-state index is 0.231. The summed E-state index contributed by atoms with van der Waals surface area (Å²) in [6.45, 7) is 0. The Kier molecular flexibility index (Phi) is 2.22. The van der Waals surface area contributed by atoms with Gasteiger partial charge in [-0.15, -0.1) is 0 Å². The Bertz CT molecular complexity index is 266. The summed E-state index contributed by atoms with van der Waals surface area (Å²) in [5.74, 6) is 0. The molecule has 0 atom stereocenters. The molecule has 8 N–H and O–H groups in total. The van der Waals surface area contributed by atoms with Crippen LogP contribution in [0.2, 0.25) is 0 Å². The Morgan fingerprint density at radius 1 is 1.00 bits per heavy atom. The van der Waals surface area contributed by atoms with Crippen LogP contribution in [0.5, 0.6) is 0 Å². The summed E-state index contributed by atoms with van der Waals surface area (Å²) >= 11 is 0. The molecule has 0 spiro atoms. The molecule has 6 nitrogen and oxygen atoms in total. The first-order valence-corrected chi connectivity index (χ1v) is 3.18. The zero-order valence-electron chi connectivity index (χ0n) is 6.20. The largest absolute Gasteiger partial charge is 0.397 e. The van der Waals surface area contributed by atoms with Crippen molar-refractivity contribution in [3.8, 4) is 0 Å². The molecule has 0 aliphatic carbocycles. The Labute approximate surface area is 68.7 Å². The number of nitrogen functional groups attached to an aromatic ring is 2. The lowest BCUT2D eigenvalue weighted by molar-refractivity contribution is 0.387. The third-order valence-electron chi connectivity index (χ3n) is 1.44. The smallest absolute Gasteiger partial charge is 0.106 e. The van der Waals surface area contributed by atoms with Gasteiger partial charge < -0.3 is 11.5 Å². The molecule has 0 heterocycles. The van der Waals surface area contributed by atoms with Crippen molar-refractivity contribution in [3.63, 3.8) is 0 Å². The molecule has 0 aliphatic rings. The summed E-state index contributed by atoms with van der Waals surface area (Å²) in [6, 6.07) is 2.85. The first-order chi connectivity index (χ1) is 5.69. The molecule has 0 saturated carbocycles. The van der Waals surface area contributed by atoms with Crippen molar-refractivity contribution in [1.82, 2.24) is 0 Å². The highest BCUT2D eigenvalue weighted by Crippen LogP contribution is 2.29. The van der Waals surface area contributed by atoms with Crippen molar-refractivity contribution in [2.75, 3.05) is 22.4 Å². The van der Waals surface area contributed by atoms with Gasteiger partial charge in [-0.3, -0.25) is 21.4 Å². The van der Waals surface area contributed by atoms with Crippen LogP contribution in [0.1, 0.15) is 0 Å². The average Bonchev–Trinajstić information content (AvgIpc) is 2.03. The molecule has 0 fully saturated rings. The third kappa shape index (κ3) is 1.34. The van der Waals surface area contributed by atoms with E-state index in [0.29, 0.717) is 5.69 Å². The molecule has 0 aromatic heterocycles. The van der Waals surface area contributed by atoms with E-state index in [9.17, 15) is 0 Å². The lowest BCUT2D eigenvalue weighted by atomic mass is 10.2. The van der Waals surface area contributed by atoms with Gasteiger partial charge in [-0.1, -0.05) is 0 Å². The summed E-state index contributed by atoms with van der Waals surface area (Å²) in [7, 11) is 0. The number of nitrogens with one attached hydrogen (secondary N) is 2. The third-order valence-corrected chi connectivity index (χ3v) is 1.44. The second kappa shape index (κ2) is 3.16. The van der Waals surface area contributed by atoms with E-state index in [1.807, 2.05) is 11.0 Å². The van der Waals surface area contributed by atoms with Gasteiger partial charge in [0.2, 0.25) is 0 Å². The first kappa shape index (κ1) is 8.44. The SMILES string of the molecule is Nc1cc(NO)cc(N)c1NO. The summed E-state index contributed by atoms with van der Waals surface area (Å²) in [6.07, 6.45) is 0. The van der Waals surface area contributed by atoms with Gasteiger partial charge >= 0.3 is 0 Å². The van der Waals surface area contributed by atoms with Crippen LogP contribution in [0.3, 0.4) is 0 Å². The number of benzene rings is 1.